The van der Waals surface area contributed by atoms with Gasteiger partial charge in [-0.2, -0.15) is 0 Å². The molecule has 1 aromatic carbocycles. The highest BCUT2D eigenvalue weighted by Gasteiger charge is 2.18. The van der Waals surface area contributed by atoms with E-state index < -0.39 is 11.9 Å². The molecule has 0 saturated heterocycles. The summed E-state index contributed by atoms with van der Waals surface area (Å²) in [6.07, 6.45) is 0.797. The number of nitrogens with one attached hydrogen (secondary N) is 2. The quantitative estimate of drug-likeness (QED) is 0.735. The molecule has 0 unspecified atom stereocenters. The van der Waals surface area contributed by atoms with Crippen LogP contribution in [0.25, 0.3) is 10.1 Å². The molecule has 2 amide bonds. The van der Waals surface area contributed by atoms with Crippen LogP contribution in [-0.2, 0) is 14.3 Å². The summed E-state index contributed by atoms with van der Waals surface area (Å²) in [7, 11) is 0. The Morgan fingerprint density at radius 2 is 1.96 bits per heavy atom. The normalized spacial score (nSPS) is 10.4. The summed E-state index contributed by atoms with van der Waals surface area (Å²) in [5, 5.41) is 6.19. The van der Waals surface area contributed by atoms with Gasteiger partial charge in [0.1, 0.15) is 11.4 Å². The van der Waals surface area contributed by atoms with E-state index in [4.69, 9.17) is 16.3 Å². The highest BCUT2D eigenvalue weighted by molar-refractivity contribution is 7.21. The largest absolute Gasteiger partial charge is 0.454 e. The van der Waals surface area contributed by atoms with Crippen molar-refractivity contribution in [1.29, 1.82) is 0 Å². The number of thiophene rings is 1. The highest BCUT2D eigenvalue weighted by Crippen LogP contribution is 2.34. The minimum Gasteiger partial charge on any atom is -0.454 e. The number of rotatable bonds is 7. The predicted molar refractivity (Wildman–Crippen MR) is 93.4 cm³/mol. The Bertz CT molecular complexity index is 760. The molecule has 2 aromatic rings. The van der Waals surface area contributed by atoms with Gasteiger partial charge in [0, 0.05) is 16.6 Å². The van der Waals surface area contributed by atoms with Crippen LogP contribution in [-0.4, -0.2) is 37.5 Å². The number of carbonyl (C=O) groups excluding carboxylic acids is 3. The molecular formula is C16H17ClN2O4S. The lowest BCUT2D eigenvalue weighted by Gasteiger charge is -2.06. The second kappa shape index (κ2) is 8.65. The Hall–Kier alpha value is -2.12. The third-order valence-corrected chi connectivity index (χ3v) is 4.75. The van der Waals surface area contributed by atoms with Crippen LogP contribution in [0.5, 0.6) is 0 Å². The zero-order chi connectivity index (χ0) is 17.5. The summed E-state index contributed by atoms with van der Waals surface area (Å²) in [5.41, 5.74) is 0. The van der Waals surface area contributed by atoms with Crippen molar-refractivity contribution >= 4 is 50.8 Å². The van der Waals surface area contributed by atoms with Crippen molar-refractivity contribution in [2.75, 3.05) is 19.7 Å². The molecule has 0 bridgehead atoms. The number of hydrogen-bond acceptors (Lipinski definition) is 5. The third kappa shape index (κ3) is 4.69. The minimum atomic E-state index is -0.688. The lowest BCUT2D eigenvalue weighted by atomic mass is 10.2. The predicted octanol–water partition coefficient (Wildman–Crippen LogP) is 2.35. The van der Waals surface area contributed by atoms with Gasteiger partial charge in [0.25, 0.3) is 11.8 Å². The minimum absolute atomic E-state index is 0.329. The van der Waals surface area contributed by atoms with Gasteiger partial charge in [-0.25, -0.2) is 0 Å². The standard InChI is InChI=1S/C16H17ClN2O4S/c1-2-7-18-12(20)9-23-13(21)8-19-16(22)15-14(17)10-5-3-4-6-11(10)24-15/h3-6H,2,7-9H2,1H3,(H,18,20)(H,19,22). The molecule has 2 N–H and O–H groups in total. The van der Waals surface area contributed by atoms with Crippen LogP contribution >= 0.6 is 22.9 Å². The van der Waals surface area contributed by atoms with Gasteiger partial charge in [-0.3, -0.25) is 14.4 Å². The number of fused-ring (bicyclic) bond motifs is 1. The van der Waals surface area contributed by atoms with Crippen molar-refractivity contribution in [2.24, 2.45) is 0 Å². The van der Waals surface area contributed by atoms with Crippen LogP contribution in [0, 0.1) is 0 Å². The molecule has 0 spiro atoms. The number of benzene rings is 1. The van der Waals surface area contributed by atoms with Gasteiger partial charge >= 0.3 is 5.97 Å². The first-order valence-corrected chi connectivity index (χ1v) is 8.60. The molecule has 0 aliphatic rings. The number of halogens is 1. The van der Waals surface area contributed by atoms with Gasteiger partial charge < -0.3 is 15.4 Å². The third-order valence-electron chi connectivity index (χ3n) is 3.07. The van der Waals surface area contributed by atoms with Gasteiger partial charge in [-0.15, -0.1) is 11.3 Å². The van der Waals surface area contributed by atoms with E-state index in [9.17, 15) is 14.4 Å². The molecule has 6 nitrogen and oxygen atoms in total. The van der Waals surface area contributed by atoms with Gasteiger partial charge in [-0.05, 0) is 12.5 Å². The molecular weight excluding hydrogens is 352 g/mol. The number of amides is 2. The maximum Gasteiger partial charge on any atom is 0.325 e. The first kappa shape index (κ1) is 18.2. The van der Waals surface area contributed by atoms with Crippen LogP contribution in [0.15, 0.2) is 24.3 Å². The van der Waals surface area contributed by atoms with Crippen LogP contribution < -0.4 is 10.6 Å². The van der Waals surface area contributed by atoms with Gasteiger partial charge in [0.05, 0.1) is 5.02 Å². The average molecular weight is 369 g/mol. The van der Waals surface area contributed by atoms with Crippen molar-refractivity contribution in [3.63, 3.8) is 0 Å². The number of ether oxygens (including phenoxy) is 1. The molecule has 0 aliphatic heterocycles. The van der Waals surface area contributed by atoms with Crippen molar-refractivity contribution < 1.29 is 19.1 Å². The molecule has 0 aliphatic carbocycles. The molecule has 0 atom stereocenters. The first-order valence-electron chi connectivity index (χ1n) is 7.40. The summed E-state index contributed by atoms with van der Waals surface area (Å²) in [6, 6.07) is 7.39. The molecule has 24 heavy (non-hydrogen) atoms. The Labute approximate surface area is 148 Å². The molecule has 0 fully saturated rings. The number of carbonyl (C=O) groups is 3. The molecule has 128 valence electrons. The topological polar surface area (TPSA) is 84.5 Å². The second-order valence-corrected chi connectivity index (χ2v) is 6.36. The summed E-state index contributed by atoms with van der Waals surface area (Å²) >= 11 is 7.45. The summed E-state index contributed by atoms with van der Waals surface area (Å²) < 4.78 is 5.67. The van der Waals surface area contributed by atoms with Crippen molar-refractivity contribution in [3.8, 4) is 0 Å². The Balaban J connectivity index is 1.85. The SMILES string of the molecule is CCCNC(=O)COC(=O)CNC(=O)c1sc2ccccc2c1Cl. The fourth-order valence-corrected chi connectivity index (χ4v) is 3.34. The lowest BCUT2D eigenvalue weighted by Crippen LogP contribution is -2.34. The van der Waals surface area contributed by atoms with E-state index in [2.05, 4.69) is 10.6 Å². The lowest BCUT2D eigenvalue weighted by molar-refractivity contribution is -0.147. The molecule has 0 saturated carbocycles. The average Bonchev–Trinajstić information content (AvgIpc) is 2.93. The Morgan fingerprint density at radius 1 is 1.21 bits per heavy atom. The van der Waals surface area contributed by atoms with Crippen LogP contribution in [0.2, 0.25) is 5.02 Å². The van der Waals surface area contributed by atoms with E-state index in [1.807, 2.05) is 31.2 Å². The highest BCUT2D eigenvalue weighted by atomic mass is 35.5. The summed E-state index contributed by atoms with van der Waals surface area (Å²) in [6.45, 7) is 1.75. The maximum absolute atomic E-state index is 12.1. The van der Waals surface area contributed by atoms with Gasteiger partial charge in [0.2, 0.25) is 0 Å². The zero-order valence-corrected chi connectivity index (χ0v) is 14.6. The molecule has 2 rings (SSSR count). The van der Waals surface area contributed by atoms with E-state index in [0.29, 0.717) is 16.4 Å². The van der Waals surface area contributed by atoms with Crippen molar-refractivity contribution in [1.82, 2.24) is 10.6 Å². The first-order chi connectivity index (χ1) is 11.5. The fraction of sp³-hybridized carbons (Fsp3) is 0.312. The Kier molecular flexibility index (Phi) is 6.57. The van der Waals surface area contributed by atoms with E-state index in [-0.39, 0.29) is 19.1 Å². The molecule has 0 radical (unpaired) electrons. The fourth-order valence-electron chi connectivity index (χ4n) is 1.91. The summed E-state index contributed by atoms with van der Waals surface area (Å²) in [5.74, 6) is -1.51. The smallest absolute Gasteiger partial charge is 0.325 e. The van der Waals surface area contributed by atoms with E-state index in [1.54, 1.807) is 0 Å². The number of esters is 1. The van der Waals surface area contributed by atoms with Crippen LogP contribution in [0.3, 0.4) is 0 Å². The summed E-state index contributed by atoms with van der Waals surface area (Å²) in [4.78, 5) is 35.4. The number of hydrogen-bond donors (Lipinski definition) is 2. The maximum atomic E-state index is 12.1. The molecule has 8 heteroatoms. The zero-order valence-electron chi connectivity index (χ0n) is 13.1. The van der Waals surface area contributed by atoms with Crippen LogP contribution in [0.1, 0.15) is 23.0 Å². The monoisotopic (exact) mass is 368 g/mol. The van der Waals surface area contributed by atoms with E-state index in [1.165, 1.54) is 11.3 Å². The second-order valence-electron chi connectivity index (χ2n) is 4.93. The van der Waals surface area contributed by atoms with Gasteiger partial charge in [0.15, 0.2) is 6.61 Å². The van der Waals surface area contributed by atoms with Crippen molar-refractivity contribution in [3.05, 3.63) is 34.2 Å². The van der Waals surface area contributed by atoms with Crippen molar-refractivity contribution in [2.45, 2.75) is 13.3 Å². The van der Waals surface area contributed by atoms with Crippen LogP contribution in [0.4, 0.5) is 0 Å². The van der Waals surface area contributed by atoms with E-state index >= 15 is 0 Å². The van der Waals surface area contributed by atoms with E-state index in [0.717, 1.165) is 16.5 Å². The Morgan fingerprint density at radius 3 is 2.67 bits per heavy atom. The van der Waals surface area contributed by atoms with Gasteiger partial charge in [-0.1, -0.05) is 36.7 Å². The molecule has 1 heterocycles. The molecule has 1 aromatic heterocycles.